The third-order valence-electron chi connectivity index (χ3n) is 3.36. The Labute approximate surface area is 130 Å². The fraction of sp³-hybridized carbons (Fsp3) is 0.500. The number of hydrogen-bond donors (Lipinski definition) is 0. The van der Waals surface area contributed by atoms with Crippen LogP contribution in [0.25, 0.3) is 0 Å². The molecule has 1 amide bonds. The van der Waals surface area contributed by atoms with Crippen molar-refractivity contribution >= 4 is 23.5 Å². The highest BCUT2D eigenvalue weighted by Gasteiger charge is 2.40. The molecule has 0 unspecified atom stereocenters. The molecule has 0 bridgehead atoms. The predicted molar refractivity (Wildman–Crippen MR) is 81.5 cm³/mol. The van der Waals surface area contributed by atoms with Crippen molar-refractivity contribution in [2.45, 2.75) is 45.8 Å². The summed E-state index contributed by atoms with van der Waals surface area (Å²) in [5.41, 5.74) is 0.965. The maximum atomic E-state index is 12.3. The van der Waals surface area contributed by atoms with Crippen molar-refractivity contribution < 1.29 is 14.3 Å². The molecule has 1 saturated heterocycles. The van der Waals surface area contributed by atoms with Gasteiger partial charge in [-0.2, -0.15) is 0 Å². The van der Waals surface area contributed by atoms with Crippen LogP contribution < -0.4 is 0 Å². The van der Waals surface area contributed by atoms with Crippen LogP contribution in [0.1, 0.15) is 44.4 Å². The molecule has 1 aliphatic heterocycles. The van der Waals surface area contributed by atoms with Crippen molar-refractivity contribution in [2.75, 3.05) is 6.54 Å². The number of rotatable bonds is 1. The monoisotopic (exact) mass is 309 g/mol. The maximum Gasteiger partial charge on any atom is 0.411 e. The van der Waals surface area contributed by atoms with Crippen LogP contribution in [-0.2, 0) is 9.53 Å². The van der Waals surface area contributed by atoms with Gasteiger partial charge in [0.1, 0.15) is 11.6 Å². The third-order valence-corrected chi connectivity index (χ3v) is 3.88. The van der Waals surface area contributed by atoms with Crippen LogP contribution in [0.2, 0.25) is 5.02 Å². The topological polar surface area (TPSA) is 46.6 Å². The van der Waals surface area contributed by atoms with E-state index in [0.29, 0.717) is 23.6 Å². The highest BCUT2D eigenvalue weighted by Crippen LogP contribution is 2.35. The van der Waals surface area contributed by atoms with Gasteiger partial charge in [0.15, 0.2) is 5.78 Å². The summed E-state index contributed by atoms with van der Waals surface area (Å²) in [6.07, 6.45) is -0.148. The molecule has 1 aliphatic rings. The molecule has 0 spiro atoms. The third kappa shape index (κ3) is 3.38. The number of likely N-dealkylation sites (tertiary alicyclic amines) is 1. The maximum absolute atomic E-state index is 12.3. The normalized spacial score (nSPS) is 19.0. The van der Waals surface area contributed by atoms with E-state index in [4.69, 9.17) is 16.3 Å². The van der Waals surface area contributed by atoms with Gasteiger partial charge in [-0.15, -0.1) is 0 Å². The summed E-state index contributed by atoms with van der Waals surface area (Å²) >= 11 is 6.31. The number of carbonyl (C=O) groups is 2. The van der Waals surface area contributed by atoms with Gasteiger partial charge in [0.25, 0.3) is 0 Å². The van der Waals surface area contributed by atoms with Gasteiger partial charge in [0, 0.05) is 23.6 Å². The Kier molecular flexibility index (Phi) is 4.28. The van der Waals surface area contributed by atoms with E-state index in [1.165, 1.54) is 4.90 Å². The van der Waals surface area contributed by atoms with Gasteiger partial charge >= 0.3 is 6.09 Å². The standard InChI is InChI=1S/C16H20ClNO3/c1-10-6-5-7-11(13(10)17)14-12(19)8-9-18(14)15(20)21-16(2,3)4/h5-7,14H,8-9H2,1-4H3/t14-/m1/s1. The van der Waals surface area contributed by atoms with Crippen LogP contribution in [0, 0.1) is 6.92 Å². The first-order valence-corrected chi connectivity index (χ1v) is 7.36. The first-order chi connectivity index (χ1) is 9.70. The van der Waals surface area contributed by atoms with Crippen molar-refractivity contribution in [1.29, 1.82) is 0 Å². The van der Waals surface area contributed by atoms with Crippen molar-refractivity contribution in [2.24, 2.45) is 0 Å². The minimum atomic E-state index is -0.646. The molecule has 0 aromatic heterocycles. The van der Waals surface area contributed by atoms with E-state index < -0.39 is 17.7 Å². The quantitative estimate of drug-likeness (QED) is 0.790. The van der Waals surface area contributed by atoms with E-state index in [1.54, 1.807) is 26.8 Å². The highest BCUT2D eigenvalue weighted by atomic mass is 35.5. The first kappa shape index (κ1) is 15.8. The zero-order valence-electron chi connectivity index (χ0n) is 12.8. The van der Waals surface area contributed by atoms with Crippen molar-refractivity contribution in [1.82, 2.24) is 4.90 Å². The lowest BCUT2D eigenvalue weighted by molar-refractivity contribution is -0.120. The molecule has 4 nitrogen and oxygen atoms in total. The highest BCUT2D eigenvalue weighted by molar-refractivity contribution is 6.32. The number of ether oxygens (including phenoxy) is 1. The average molecular weight is 310 g/mol. The van der Waals surface area contributed by atoms with E-state index in [-0.39, 0.29) is 5.78 Å². The number of ketones is 1. The number of carbonyl (C=O) groups excluding carboxylic acids is 2. The van der Waals surface area contributed by atoms with Gasteiger partial charge in [-0.3, -0.25) is 9.69 Å². The SMILES string of the molecule is Cc1cccc([C@@H]2C(=O)CCN2C(=O)OC(C)(C)C)c1Cl. The fourth-order valence-corrected chi connectivity index (χ4v) is 2.64. The number of Topliss-reactive ketones (excluding diaryl/α,β-unsaturated/α-hetero) is 1. The van der Waals surface area contributed by atoms with Gasteiger partial charge in [-0.25, -0.2) is 4.79 Å². The smallest absolute Gasteiger partial charge is 0.411 e. The molecular formula is C16H20ClNO3. The van der Waals surface area contributed by atoms with Crippen LogP contribution in [-0.4, -0.2) is 28.9 Å². The molecule has 2 rings (SSSR count). The van der Waals surface area contributed by atoms with Crippen molar-refractivity contribution in [3.63, 3.8) is 0 Å². The molecule has 1 atom stereocenters. The Bertz CT molecular complexity index is 577. The minimum absolute atomic E-state index is 0.00615. The zero-order chi connectivity index (χ0) is 15.8. The molecule has 21 heavy (non-hydrogen) atoms. The van der Waals surface area contributed by atoms with Crippen molar-refractivity contribution in [3.05, 3.63) is 34.3 Å². The molecule has 1 aromatic carbocycles. The van der Waals surface area contributed by atoms with Gasteiger partial charge in [-0.05, 0) is 33.3 Å². The lowest BCUT2D eigenvalue weighted by Crippen LogP contribution is -2.37. The second kappa shape index (κ2) is 5.68. The van der Waals surface area contributed by atoms with Crippen molar-refractivity contribution in [3.8, 4) is 0 Å². The molecular weight excluding hydrogens is 290 g/mol. The lowest BCUT2D eigenvalue weighted by atomic mass is 10.0. The Morgan fingerprint density at radius 3 is 2.67 bits per heavy atom. The van der Waals surface area contributed by atoms with E-state index in [0.717, 1.165) is 5.56 Å². The second-order valence-electron chi connectivity index (χ2n) is 6.27. The molecule has 0 N–H and O–H groups in total. The minimum Gasteiger partial charge on any atom is -0.444 e. The molecule has 0 aliphatic carbocycles. The number of nitrogens with zero attached hydrogens (tertiary/aromatic N) is 1. The van der Waals surface area contributed by atoms with Crippen LogP contribution >= 0.6 is 11.6 Å². The van der Waals surface area contributed by atoms with Gasteiger partial charge in [0.05, 0.1) is 0 Å². The molecule has 5 heteroatoms. The van der Waals surface area contributed by atoms with Crippen LogP contribution in [0.3, 0.4) is 0 Å². The van der Waals surface area contributed by atoms with Gasteiger partial charge in [-0.1, -0.05) is 29.8 Å². The van der Waals surface area contributed by atoms with E-state index in [1.807, 2.05) is 19.1 Å². The summed E-state index contributed by atoms with van der Waals surface area (Å²) in [5, 5.41) is 0.534. The largest absolute Gasteiger partial charge is 0.444 e. The van der Waals surface area contributed by atoms with E-state index in [9.17, 15) is 9.59 Å². The Morgan fingerprint density at radius 2 is 2.05 bits per heavy atom. The molecule has 114 valence electrons. The predicted octanol–water partition coefficient (Wildman–Crippen LogP) is 3.90. The summed E-state index contributed by atoms with van der Waals surface area (Å²) < 4.78 is 5.38. The number of benzene rings is 1. The molecule has 1 heterocycles. The Morgan fingerprint density at radius 1 is 1.38 bits per heavy atom. The summed E-state index contributed by atoms with van der Waals surface area (Å²) in [6.45, 7) is 7.65. The number of amides is 1. The zero-order valence-corrected chi connectivity index (χ0v) is 13.5. The second-order valence-corrected chi connectivity index (χ2v) is 6.65. The molecule has 0 saturated carbocycles. The fourth-order valence-electron chi connectivity index (χ4n) is 2.41. The van der Waals surface area contributed by atoms with Crippen LogP contribution in [0.15, 0.2) is 18.2 Å². The summed E-state index contributed by atoms with van der Waals surface area (Å²) in [6, 6.07) is 4.87. The summed E-state index contributed by atoms with van der Waals surface area (Å²) in [4.78, 5) is 26.0. The Balaban J connectivity index is 2.33. The van der Waals surface area contributed by atoms with E-state index >= 15 is 0 Å². The van der Waals surface area contributed by atoms with Crippen LogP contribution in [0.5, 0.6) is 0 Å². The average Bonchev–Trinajstić information content (AvgIpc) is 2.73. The first-order valence-electron chi connectivity index (χ1n) is 6.98. The molecule has 0 radical (unpaired) electrons. The number of hydrogen-bond acceptors (Lipinski definition) is 3. The lowest BCUT2D eigenvalue weighted by Gasteiger charge is -2.28. The summed E-state index contributed by atoms with van der Waals surface area (Å²) in [7, 11) is 0. The van der Waals surface area contributed by atoms with Crippen LogP contribution in [0.4, 0.5) is 4.79 Å². The molecule has 1 fully saturated rings. The number of halogens is 1. The Hall–Kier alpha value is -1.55. The summed E-state index contributed by atoms with van der Waals surface area (Å²) in [5.74, 6) is -0.00615. The molecule has 1 aromatic rings. The van der Waals surface area contributed by atoms with E-state index in [2.05, 4.69) is 0 Å². The number of aryl methyl sites for hydroxylation is 1. The van der Waals surface area contributed by atoms with Gasteiger partial charge in [0.2, 0.25) is 0 Å². The van der Waals surface area contributed by atoms with Gasteiger partial charge < -0.3 is 4.74 Å².